The summed E-state index contributed by atoms with van der Waals surface area (Å²) in [5.41, 5.74) is 1.63. The summed E-state index contributed by atoms with van der Waals surface area (Å²) in [5.74, 6) is 0.0618. The van der Waals surface area contributed by atoms with Crippen LogP contribution in [0.5, 0.6) is 0 Å². The Kier molecular flexibility index (Phi) is 4.67. The van der Waals surface area contributed by atoms with Gasteiger partial charge in [-0.25, -0.2) is 0 Å². The largest absolute Gasteiger partial charge is 0.455 e. The third-order valence-electron chi connectivity index (χ3n) is 4.08. The number of para-hydroxylation sites is 1. The molecule has 0 saturated heterocycles. The van der Waals surface area contributed by atoms with Crippen molar-refractivity contribution >= 4 is 16.9 Å². The number of hydrogen-bond donors (Lipinski definition) is 2. The number of carbonyl (C=O) groups is 1. The van der Waals surface area contributed by atoms with Crippen LogP contribution in [0.4, 0.5) is 0 Å². The van der Waals surface area contributed by atoms with E-state index in [0.29, 0.717) is 16.7 Å². The number of carbonyl (C=O) groups excluding carboxylic acids is 1. The van der Waals surface area contributed by atoms with E-state index in [1.165, 1.54) is 0 Å². The van der Waals surface area contributed by atoms with Gasteiger partial charge in [-0.05, 0) is 26.0 Å². The second-order valence-corrected chi connectivity index (χ2v) is 5.99. The van der Waals surface area contributed by atoms with E-state index in [1.54, 1.807) is 32.0 Å². The molecule has 1 aromatic heterocycles. The Balaban J connectivity index is 2.23. The fraction of sp³-hybridized carbons (Fsp3) is 0.200. The van der Waals surface area contributed by atoms with Crippen LogP contribution in [-0.2, 0) is 0 Å². The molecule has 5 heteroatoms. The number of rotatable bonds is 4. The average molecular weight is 337 g/mol. The van der Waals surface area contributed by atoms with Crippen LogP contribution in [0.3, 0.4) is 0 Å². The predicted octanol–water partition coefficient (Wildman–Crippen LogP) is 2.88. The molecule has 0 radical (unpaired) electrons. The van der Waals surface area contributed by atoms with Gasteiger partial charge in [0.25, 0.3) is 5.91 Å². The number of fused-ring (bicyclic) bond motifs is 1. The Bertz CT molecular complexity index is 976. The van der Waals surface area contributed by atoms with Gasteiger partial charge in [-0.15, -0.1) is 0 Å². The van der Waals surface area contributed by atoms with E-state index in [9.17, 15) is 9.59 Å². The van der Waals surface area contributed by atoms with Gasteiger partial charge in [-0.2, -0.15) is 0 Å². The Labute approximate surface area is 144 Å². The summed E-state index contributed by atoms with van der Waals surface area (Å²) in [6, 6.07) is 13.8. The number of benzene rings is 2. The molecule has 0 bridgehead atoms. The summed E-state index contributed by atoms with van der Waals surface area (Å²) in [5, 5.41) is 12.2. The number of aliphatic hydroxyl groups excluding tert-OH is 1. The molecule has 2 N–H and O–H groups in total. The van der Waals surface area contributed by atoms with Crippen molar-refractivity contribution in [2.75, 3.05) is 6.61 Å². The molecule has 2 aromatic carbocycles. The van der Waals surface area contributed by atoms with Crippen LogP contribution in [0.1, 0.15) is 22.8 Å². The monoisotopic (exact) mass is 337 g/mol. The second-order valence-electron chi connectivity index (χ2n) is 5.99. The van der Waals surface area contributed by atoms with Gasteiger partial charge < -0.3 is 14.8 Å². The van der Waals surface area contributed by atoms with Crippen LogP contribution in [0.2, 0.25) is 0 Å². The fourth-order valence-electron chi connectivity index (χ4n) is 2.70. The molecule has 128 valence electrons. The average Bonchev–Trinajstić information content (AvgIpc) is 2.64. The van der Waals surface area contributed by atoms with Gasteiger partial charge in [-0.3, -0.25) is 9.59 Å². The third kappa shape index (κ3) is 3.19. The molecule has 1 atom stereocenters. The topological polar surface area (TPSA) is 79.5 Å². The SMILES string of the molecule is Cc1c(-c2ccccc2)oc2c(C(=O)N[C@@H](C)CO)cccc2c1=O. The van der Waals surface area contributed by atoms with E-state index in [2.05, 4.69) is 5.32 Å². The summed E-state index contributed by atoms with van der Waals surface area (Å²) in [4.78, 5) is 25.2. The highest BCUT2D eigenvalue weighted by Crippen LogP contribution is 2.27. The summed E-state index contributed by atoms with van der Waals surface area (Å²) < 4.78 is 6.00. The van der Waals surface area contributed by atoms with Gasteiger partial charge in [0.05, 0.1) is 17.6 Å². The first-order valence-corrected chi connectivity index (χ1v) is 8.06. The highest BCUT2D eigenvalue weighted by atomic mass is 16.3. The third-order valence-corrected chi connectivity index (χ3v) is 4.08. The van der Waals surface area contributed by atoms with E-state index >= 15 is 0 Å². The number of aliphatic hydroxyl groups is 1. The first-order valence-electron chi connectivity index (χ1n) is 8.06. The van der Waals surface area contributed by atoms with Crippen molar-refractivity contribution in [2.45, 2.75) is 19.9 Å². The molecule has 0 spiro atoms. The molecule has 5 nitrogen and oxygen atoms in total. The van der Waals surface area contributed by atoms with Crippen molar-refractivity contribution in [3.63, 3.8) is 0 Å². The smallest absolute Gasteiger partial charge is 0.255 e. The van der Waals surface area contributed by atoms with E-state index in [0.717, 1.165) is 5.56 Å². The molecule has 3 aromatic rings. The summed E-state index contributed by atoms with van der Waals surface area (Å²) in [6.45, 7) is 3.24. The molecule has 0 aliphatic carbocycles. The predicted molar refractivity (Wildman–Crippen MR) is 96.7 cm³/mol. The number of nitrogens with one attached hydrogen (secondary N) is 1. The maximum Gasteiger partial charge on any atom is 0.255 e. The standard InChI is InChI=1S/C20H19NO4/c1-12(11-22)21-20(24)16-10-6-9-15-17(23)13(2)18(25-19(15)16)14-7-4-3-5-8-14/h3-10,12,22H,11H2,1-2H3,(H,21,24)/t12-/m0/s1. The lowest BCUT2D eigenvalue weighted by Gasteiger charge is -2.13. The van der Waals surface area contributed by atoms with Crippen LogP contribution < -0.4 is 10.7 Å². The lowest BCUT2D eigenvalue weighted by atomic mass is 10.0. The molecule has 1 amide bonds. The van der Waals surface area contributed by atoms with Crippen molar-refractivity contribution in [1.29, 1.82) is 0 Å². The molecule has 1 heterocycles. The minimum Gasteiger partial charge on any atom is -0.455 e. The summed E-state index contributed by atoms with van der Waals surface area (Å²) in [7, 11) is 0. The zero-order valence-corrected chi connectivity index (χ0v) is 14.1. The molecule has 0 fully saturated rings. The maximum absolute atomic E-state index is 12.7. The zero-order valence-electron chi connectivity index (χ0n) is 14.1. The van der Waals surface area contributed by atoms with E-state index in [4.69, 9.17) is 9.52 Å². The highest BCUT2D eigenvalue weighted by molar-refractivity contribution is 6.05. The highest BCUT2D eigenvalue weighted by Gasteiger charge is 2.19. The second kappa shape index (κ2) is 6.91. The summed E-state index contributed by atoms with van der Waals surface area (Å²) >= 11 is 0. The van der Waals surface area contributed by atoms with Gasteiger partial charge in [0.2, 0.25) is 0 Å². The van der Waals surface area contributed by atoms with Crippen molar-refractivity contribution < 1.29 is 14.3 Å². The normalized spacial score (nSPS) is 12.1. The summed E-state index contributed by atoms with van der Waals surface area (Å²) in [6.07, 6.45) is 0. The van der Waals surface area contributed by atoms with Crippen LogP contribution in [-0.4, -0.2) is 23.7 Å². The van der Waals surface area contributed by atoms with Crippen molar-refractivity contribution in [3.8, 4) is 11.3 Å². The molecule has 25 heavy (non-hydrogen) atoms. The molecule has 0 aliphatic heterocycles. The molecule has 3 rings (SSSR count). The number of hydrogen-bond acceptors (Lipinski definition) is 4. The minimum atomic E-state index is -0.395. The molecular formula is C20H19NO4. The van der Waals surface area contributed by atoms with E-state index < -0.39 is 11.9 Å². The van der Waals surface area contributed by atoms with Crippen LogP contribution in [0, 0.1) is 6.92 Å². The Hall–Kier alpha value is -2.92. The lowest BCUT2D eigenvalue weighted by Crippen LogP contribution is -2.35. The van der Waals surface area contributed by atoms with Crippen LogP contribution >= 0.6 is 0 Å². The van der Waals surface area contributed by atoms with Crippen molar-refractivity contribution in [2.24, 2.45) is 0 Å². The molecular weight excluding hydrogens is 318 g/mol. The minimum absolute atomic E-state index is 0.162. The quantitative estimate of drug-likeness (QED) is 0.767. The Morgan fingerprint density at radius 2 is 1.88 bits per heavy atom. The zero-order chi connectivity index (χ0) is 18.0. The van der Waals surface area contributed by atoms with Gasteiger partial charge in [0.1, 0.15) is 5.76 Å². The van der Waals surface area contributed by atoms with Gasteiger partial charge in [-0.1, -0.05) is 36.4 Å². The van der Waals surface area contributed by atoms with Crippen LogP contribution in [0.15, 0.2) is 57.7 Å². The van der Waals surface area contributed by atoms with E-state index in [-0.39, 0.29) is 23.2 Å². The van der Waals surface area contributed by atoms with E-state index in [1.807, 2.05) is 30.3 Å². The molecule has 0 aliphatic rings. The fourth-order valence-corrected chi connectivity index (χ4v) is 2.70. The van der Waals surface area contributed by atoms with Crippen molar-refractivity contribution in [1.82, 2.24) is 5.32 Å². The maximum atomic E-state index is 12.7. The first kappa shape index (κ1) is 16.9. The van der Waals surface area contributed by atoms with Gasteiger partial charge in [0, 0.05) is 17.2 Å². The molecule has 0 saturated carbocycles. The van der Waals surface area contributed by atoms with Crippen LogP contribution in [0.25, 0.3) is 22.3 Å². The first-order chi connectivity index (χ1) is 12.0. The van der Waals surface area contributed by atoms with Gasteiger partial charge >= 0.3 is 0 Å². The lowest BCUT2D eigenvalue weighted by molar-refractivity contribution is 0.0923. The Morgan fingerprint density at radius 3 is 2.56 bits per heavy atom. The molecule has 0 unspecified atom stereocenters. The van der Waals surface area contributed by atoms with Crippen molar-refractivity contribution in [3.05, 3.63) is 69.9 Å². The Morgan fingerprint density at radius 1 is 1.16 bits per heavy atom. The van der Waals surface area contributed by atoms with Gasteiger partial charge in [0.15, 0.2) is 11.0 Å². The number of amides is 1.